The number of ether oxygens (including phenoxy) is 1. The summed E-state index contributed by atoms with van der Waals surface area (Å²) in [7, 11) is 1.46. The summed E-state index contributed by atoms with van der Waals surface area (Å²) in [6, 6.07) is 6.06. The molecular formula is C19H18N6O3. The fraction of sp³-hybridized carbons (Fsp3) is 0.263. The molecule has 0 saturated heterocycles. The van der Waals surface area contributed by atoms with Crippen LogP contribution in [0.2, 0.25) is 0 Å². The standard InChI is InChI=1S/C19H18N6O3/c1-28-19-12(4-2-7-21-19)18(27)24-14-5-3-9-25-16(26)10-15(23-17(14)25)13-6-8-20-11-22-13/h2,4,6-8,10-11,14H,3,5,9H2,1H3,(H,24,27). The van der Waals surface area contributed by atoms with E-state index in [4.69, 9.17) is 4.74 Å². The highest BCUT2D eigenvalue weighted by Gasteiger charge is 2.26. The molecule has 1 N–H and O–H groups in total. The first-order valence-corrected chi connectivity index (χ1v) is 8.85. The number of rotatable bonds is 4. The lowest BCUT2D eigenvalue weighted by molar-refractivity contribution is 0.0923. The Kier molecular flexibility index (Phi) is 4.79. The van der Waals surface area contributed by atoms with Gasteiger partial charge in [0.1, 0.15) is 17.7 Å². The Hall–Kier alpha value is -3.62. The predicted octanol–water partition coefficient (Wildman–Crippen LogP) is 1.37. The second-order valence-corrected chi connectivity index (χ2v) is 6.31. The zero-order valence-electron chi connectivity index (χ0n) is 15.2. The minimum Gasteiger partial charge on any atom is -0.480 e. The van der Waals surface area contributed by atoms with Crippen molar-refractivity contribution < 1.29 is 9.53 Å². The van der Waals surface area contributed by atoms with Gasteiger partial charge < -0.3 is 10.1 Å². The Labute approximate surface area is 160 Å². The van der Waals surface area contributed by atoms with Crippen molar-refractivity contribution in [1.29, 1.82) is 0 Å². The fourth-order valence-corrected chi connectivity index (χ4v) is 3.27. The summed E-state index contributed by atoms with van der Waals surface area (Å²) < 4.78 is 6.76. The molecule has 0 radical (unpaired) electrons. The molecule has 4 heterocycles. The molecule has 9 nitrogen and oxygen atoms in total. The van der Waals surface area contributed by atoms with E-state index in [1.165, 1.54) is 19.5 Å². The van der Waals surface area contributed by atoms with Gasteiger partial charge in [-0.05, 0) is 31.0 Å². The van der Waals surface area contributed by atoms with Gasteiger partial charge in [0, 0.05) is 25.0 Å². The van der Waals surface area contributed by atoms with Gasteiger partial charge in [-0.25, -0.2) is 19.9 Å². The summed E-state index contributed by atoms with van der Waals surface area (Å²) >= 11 is 0. The summed E-state index contributed by atoms with van der Waals surface area (Å²) in [5.74, 6) is 0.435. The maximum atomic E-state index is 12.8. The largest absolute Gasteiger partial charge is 0.480 e. The van der Waals surface area contributed by atoms with Gasteiger partial charge in [0.2, 0.25) is 5.88 Å². The van der Waals surface area contributed by atoms with Crippen LogP contribution in [0.25, 0.3) is 11.4 Å². The van der Waals surface area contributed by atoms with Crippen LogP contribution in [0.4, 0.5) is 0 Å². The first kappa shape index (κ1) is 17.8. The molecule has 1 atom stereocenters. The van der Waals surface area contributed by atoms with E-state index < -0.39 is 6.04 Å². The number of pyridine rings is 1. The van der Waals surface area contributed by atoms with Crippen molar-refractivity contribution in [2.24, 2.45) is 0 Å². The molecule has 0 aliphatic carbocycles. The highest BCUT2D eigenvalue weighted by atomic mass is 16.5. The molecule has 0 aromatic carbocycles. The summed E-state index contributed by atoms with van der Waals surface area (Å²) in [5, 5.41) is 2.96. The van der Waals surface area contributed by atoms with Crippen LogP contribution < -0.4 is 15.6 Å². The van der Waals surface area contributed by atoms with Crippen LogP contribution in [0.5, 0.6) is 5.88 Å². The molecule has 3 aromatic rings. The number of carbonyl (C=O) groups excluding carboxylic acids is 1. The second kappa shape index (κ2) is 7.55. The van der Waals surface area contributed by atoms with E-state index in [1.807, 2.05) is 0 Å². The Balaban J connectivity index is 1.69. The third-order valence-electron chi connectivity index (χ3n) is 4.58. The number of hydrogen-bond donors (Lipinski definition) is 1. The summed E-state index contributed by atoms with van der Waals surface area (Å²) in [6.45, 7) is 0.563. The van der Waals surface area contributed by atoms with Crippen LogP contribution in [-0.2, 0) is 6.54 Å². The molecule has 1 aliphatic heterocycles. The molecule has 1 aliphatic rings. The minimum atomic E-state index is -0.402. The van der Waals surface area contributed by atoms with Gasteiger partial charge in [-0.2, -0.15) is 0 Å². The molecule has 0 saturated carbocycles. The van der Waals surface area contributed by atoms with Crippen molar-refractivity contribution in [1.82, 2.24) is 29.8 Å². The van der Waals surface area contributed by atoms with E-state index in [9.17, 15) is 9.59 Å². The highest BCUT2D eigenvalue weighted by Crippen LogP contribution is 2.25. The minimum absolute atomic E-state index is 0.170. The number of amides is 1. The lowest BCUT2D eigenvalue weighted by atomic mass is 10.1. The van der Waals surface area contributed by atoms with Crippen LogP contribution in [-0.4, -0.2) is 37.5 Å². The van der Waals surface area contributed by atoms with Gasteiger partial charge >= 0.3 is 0 Å². The molecule has 9 heteroatoms. The third kappa shape index (κ3) is 3.34. The number of fused-ring (bicyclic) bond motifs is 1. The first-order chi connectivity index (χ1) is 13.7. The van der Waals surface area contributed by atoms with Crippen molar-refractivity contribution in [2.45, 2.75) is 25.4 Å². The van der Waals surface area contributed by atoms with Crippen LogP contribution in [0.3, 0.4) is 0 Å². The maximum absolute atomic E-state index is 12.8. The lowest BCUT2D eigenvalue weighted by Crippen LogP contribution is -2.38. The van der Waals surface area contributed by atoms with Crippen LogP contribution >= 0.6 is 0 Å². The van der Waals surface area contributed by atoms with E-state index in [0.717, 1.165) is 6.42 Å². The average Bonchev–Trinajstić information content (AvgIpc) is 2.74. The Bertz CT molecular complexity index is 1070. The molecular weight excluding hydrogens is 360 g/mol. The third-order valence-corrected chi connectivity index (χ3v) is 4.58. The van der Waals surface area contributed by atoms with E-state index in [0.29, 0.717) is 35.7 Å². The number of aromatic nitrogens is 5. The van der Waals surface area contributed by atoms with Crippen molar-refractivity contribution in [2.75, 3.05) is 7.11 Å². The monoisotopic (exact) mass is 378 g/mol. The Morgan fingerprint density at radius 1 is 1.25 bits per heavy atom. The normalized spacial score (nSPS) is 15.5. The van der Waals surface area contributed by atoms with E-state index in [-0.39, 0.29) is 17.3 Å². The second-order valence-electron chi connectivity index (χ2n) is 6.31. The predicted molar refractivity (Wildman–Crippen MR) is 99.8 cm³/mol. The quantitative estimate of drug-likeness (QED) is 0.730. The number of methoxy groups -OCH3 is 1. The molecule has 1 unspecified atom stereocenters. The maximum Gasteiger partial charge on any atom is 0.257 e. The average molecular weight is 378 g/mol. The number of carbonyl (C=O) groups is 1. The molecule has 28 heavy (non-hydrogen) atoms. The zero-order chi connectivity index (χ0) is 19.5. The molecule has 4 rings (SSSR count). The van der Waals surface area contributed by atoms with E-state index in [1.54, 1.807) is 35.2 Å². The van der Waals surface area contributed by atoms with Gasteiger partial charge in [-0.3, -0.25) is 14.2 Å². The van der Waals surface area contributed by atoms with Gasteiger partial charge in [0.25, 0.3) is 11.5 Å². The lowest BCUT2D eigenvalue weighted by Gasteiger charge is -2.27. The van der Waals surface area contributed by atoms with Gasteiger partial charge in [0.05, 0.1) is 24.5 Å². The SMILES string of the molecule is COc1ncccc1C(=O)NC1CCCn2c1nc(-c1ccncn1)cc2=O. The van der Waals surface area contributed by atoms with Crippen molar-refractivity contribution in [3.8, 4) is 17.3 Å². The van der Waals surface area contributed by atoms with Gasteiger partial charge in [-0.1, -0.05) is 0 Å². The van der Waals surface area contributed by atoms with E-state index in [2.05, 4.69) is 25.3 Å². The molecule has 142 valence electrons. The Morgan fingerprint density at radius 3 is 2.93 bits per heavy atom. The summed E-state index contributed by atoms with van der Waals surface area (Å²) in [4.78, 5) is 42.1. The molecule has 0 spiro atoms. The molecule has 1 amide bonds. The van der Waals surface area contributed by atoms with Crippen molar-refractivity contribution >= 4 is 5.91 Å². The van der Waals surface area contributed by atoms with E-state index >= 15 is 0 Å². The molecule has 3 aromatic heterocycles. The fourth-order valence-electron chi connectivity index (χ4n) is 3.27. The van der Waals surface area contributed by atoms with Gasteiger partial charge in [0.15, 0.2) is 0 Å². The number of hydrogen-bond acceptors (Lipinski definition) is 7. The summed E-state index contributed by atoms with van der Waals surface area (Å²) in [6.07, 6.45) is 5.99. The number of nitrogens with one attached hydrogen (secondary N) is 1. The zero-order valence-corrected chi connectivity index (χ0v) is 15.2. The van der Waals surface area contributed by atoms with Crippen LogP contribution in [0.1, 0.15) is 35.1 Å². The van der Waals surface area contributed by atoms with Crippen molar-refractivity contribution in [3.63, 3.8) is 0 Å². The molecule has 0 bridgehead atoms. The smallest absolute Gasteiger partial charge is 0.257 e. The van der Waals surface area contributed by atoms with Crippen LogP contribution in [0.15, 0.2) is 47.8 Å². The topological polar surface area (TPSA) is 112 Å². The highest BCUT2D eigenvalue weighted by molar-refractivity contribution is 5.96. The number of nitrogens with zero attached hydrogens (tertiary/aromatic N) is 5. The van der Waals surface area contributed by atoms with Crippen LogP contribution in [0, 0.1) is 0 Å². The van der Waals surface area contributed by atoms with Gasteiger partial charge in [-0.15, -0.1) is 0 Å². The summed E-state index contributed by atoms with van der Waals surface area (Å²) in [5.41, 5.74) is 1.17. The first-order valence-electron chi connectivity index (χ1n) is 8.85. The van der Waals surface area contributed by atoms with Crippen molar-refractivity contribution in [3.05, 3.63) is 64.7 Å². The molecule has 0 fully saturated rings. The Morgan fingerprint density at radius 2 is 2.14 bits per heavy atom.